The molecule has 0 bridgehead atoms. The molecule has 1 aromatic rings. The second kappa shape index (κ2) is 3.60. The van der Waals surface area contributed by atoms with Crippen molar-refractivity contribution in [3.8, 4) is 0 Å². The summed E-state index contributed by atoms with van der Waals surface area (Å²) < 4.78 is 12.7. The van der Waals surface area contributed by atoms with Gasteiger partial charge in [0.2, 0.25) is 0 Å². The van der Waals surface area contributed by atoms with E-state index in [1.54, 1.807) is 12.1 Å². The molecule has 1 nitrogen and oxygen atoms in total. The lowest BCUT2D eigenvalue weighted by atomic mass is 10.00. The van der Waals surface area contributed by atoms with E-state index in [0.717, 1.165) is 12.0 Å². The van der Waals surface area contributed by atoms with Crippen LogP contribution in [0.2, 0.25) is 0 Å². The zero-order chi connectivity index (χ0) is 11.1. The fourth-order valence-electron chi connectivity index (χ4n) is 2.17. The van der Waals surface area contributed by atoms with Gasteiger partial charge in [-0.1, -0.05) is 26.0 Å². The van der Waals surface area contributed by atoms with Crippen LogP contribution in [0.3, 0.4) is 0 Å². The molecule has 1 fully saturated rings. The van der Waals surface area contributed by atoms with Crippen LogP contribution in [-0.4, -0.2) is 11.2 Å². The van der Waals surface area contributed by atoms with Crippen LogP contribution in [0.5, 0.6) is 0 Å². The van der Waals surface area contributed by atoms with Gasteiger partial charge in [-0.15, -0.1) is 0 Å². The number of hydrogen-bond acceptors (Lipinski definition) is 1. The van der Waals surface area contributed by atoms with Gasteiger partial charge in [0.15, 0.2) is 0 Å². The third kappa shape index (κ3) is 2.37. The Bertz CT molecular complexity index is 342. The van der Waals surface area contributed by atoms with E-state index in [1.165, 1.54) is 12.1 Å². The Labute approximate surface area is 89.9 Å². The number of hydrogen-bond donors (Lipinski definition) is 1. The Morgan fingerprint density at radius 2 is 1.93 bits per heavy atom. The standard InChI is InChI=1S/C13H17FO/c1-13(2)8-11(13)12(15)7-9-3-5-10(14)6-4-9/h3-6,11-12,15H,7-8H2,1-2H3. The lowest BCUT2D eigenvalue weighted by molar-refractivity contribution is 0.137. The van der Waals surface area contributed by atoms with Crippen LogP contribution in [-0.2, 0) is 6.42 Å². The van der Waals surface area contributed by atoms with Gasteiger partial charge in [-0.05, 0) is 41.9 Å². The predicted octanol–water partition coefficient (Wildman–Crippen LogP) is 2.78. The summed E-state index contributed by atoms with van der Waals surface area (Å²) in [6, 6.07) is 6.38. The van der Waals surface area contributed by atoms with Crippen molar-refractivity contribution >= 4 is 0 Å². The van der Waals surface area contributed by atoms with Crippen molar-refractivity contribution in [1.29, 1.82) is 0 Å². The van der Waals surface area contributed by atoms with Gasteiger partial charge in [0, 0.05) is 0 Å². The lowest BCUT2D eigenvalue weighted by Gasteiger charge is -2.12. The summed E-state index contributed by atoms with van der Waals surface area (Å²) in [7, 11) is 0. The van der Waals surface area contributed by atoms with Gasteiger partial charge in [0.05, 0.1) is 6.10 Å². The lowest BCUT2D eigenvalue weighted by Crippen LogP contribution is -2.16. The van der Waals surface area contributed by atoms with Crippen LogP contribution in [0.15, 0.2) is 24.3 Å². The quantitative estimate of drug-likeness (QED) is 0.809. The monoisotopic (exact) mass is 208 g/mol. The highest BCUT2D eigenvalue weighted by Crippen LogP contribution is 2.53. The van der Waals surface area contributed by atoms with Crippen LogP contribution in [0.25, 0.3) is 0 Å². The zero-order valence-electron chi connectivity index (χ0n) is 9.20. The minimum Gasteiger partial charge on any atom is -0.392 e. The molecule has 2 heteroatoms. The van der Waals surface area contributed by atoms with E-state index >= 15 is 0 Å². The molecule has 2 rings (SSSR count). The Balaban J connectivity index is 1.95. The molecule has 0 radical (unpaired) electrons. The first kappa shape index (κ1) is 10.6. The Morgan fingerprint density at radius 1 is 1.40 bits per heavy atom. The van der Waals surface area contributed by atoms with Gasteiger partial charge < -0.3 is 5.11 Å². The summed E-state index contributed by atoms with van der Waals surface area (Å²) in [5.74, 6) is 0.183. The van der Waals surface area contributed by atoms with Crippen molar-refractivity contribution in [3.63, 3.8) is 0 Å². The highest BCUT2D eigenvalue weighted by atomic mass is 19.1. The summed E-state index contributed by atoms with van der Waals surface area (Å²) in [6.07, 6.45) is 1.44. The van der Waals surface area contributed by atoms with Crippen LogP contribution >= 0.6 is 0 Å². The highest BCUT2D eigenvalue weighted by molar-refractivity contribution is 5.18. The summed E-state index contributed by atoms with van der Waals surface area (Å²) in [6.45, 7) is 4.34. The maximum Gasteiger partial charge on any atom is 0.123 e. The average molecular weight is 208 g/mol. The molecule has 82 valence electrons. The molecule has 1 saturated carbocycles. The summed E-state index contributed by atoms with van der Waals surface area (Å²) in [5, 5.41) is 9.95. The summed E-state index contributed by atoms with van der Waals surface area (Å²) in [5.41, 5.74) is 1.30. The number of rotatable bonds is 3. The van der Waals surface area contributed by atoms with Gasteiger partial charge in [-0.2, -0.15) is 0 Å². The molecule has 0 spiro atoms. The van der Waals surface area contributed by atoms with Gasteiger partial charge in [-0.3, -0.25) is 0 Å². The Kier molecular flexibility index (Phi) is 2.55. The first-order valence-corrected chi connectivity index (χ1v) is 5.41. The van der Waals surface area contributed by atoms with Crippen LogP contribution in [0.1, 0.15) is 25.8 Å². The van der Waals surface area contributed by atoms with Crippen molar-refractivity contribution < 1.29 is 9.50 Å². The third-order valence-electron chi connectivity index (χ3n) is 3.41. The molecule has 2 atom stereocenters. The van der Waals surface area contributed by atoms with E-state index in [1.807, 2.05) is 0 Å². The van der Waals surface area contributed by atoms with Crippen molar-refractivity contribution in [2.45, 2.75) is 32.8 Å². The molecule has 2 unspecified atom stereocenters. The smallest absolute Gasteiger partial charge is 0.123 e. The van der Waals surface area contributed by atoms with Crippen LogP contribution < -0.4 is 0 Å². The van der Waals surface area contributed by atoms with Gasteiger partial charge in [0.25, 0.3) is 0 Å². The molecule has 0 saturated heterocycles. The van der Waals surface area contributed by atoms with E-state index in [0.29, 0.717) is 17.8 Å². The number of halogens is 1. The fraction of sp³-hybridized carbons (Fsp3) is 0.538. The second-order valence-electron chi connectivity index (χ2n) is 5.20. The maximum atomic E-state index is 12.7. The van der Waals surface area contributed by atoms with Gasteiger partial charge in [0.1, 0.15) is 5.82 Å². The minimum atomic E-state index is -0.287. The molecule has 0 amide bonds. The third-order valence-corrected chi connectivity index (χ3v) is 3.41. The summed E-state index contributed by atoms with van der Waals surface area (Å²) in [4.78, 5) is 0. The summed E-state index contributed by atoms with van der Waals surface area (Å²) >= 11 is 0. The molecule has 1 aromatic carbocycles. The molecule has 0 aromatic heterocycles. The average Bonchev–Trinajstić information content (AvgIpc) is 2.79. The normalized spacial score (nSPS) is 24.9. The van der Waals surface area contributed by atoms with E-state index < -0.39 is 0 Å². The van der Waals surface area contributed by atoms with E-state index in [2.05, 4.69) is 13.8 Å². The Morgan fingerprint density at radius 3 is 2.40 bits per heavy atom. The largest absolute Gasteiger partial charge is 0.392 e. The van der Waals surface area contributed by atoms with E-state index in [9.17, 15) is 9.50 Å². The van der Waals surface area contributed by atoms with Gasteiger partial charge >= 0.3 is 0 Å². The van der Waals surface area contributed by atoms with Crippen molar-refractivity contribution in [1.82, 2.24) is 0 Å². The van der Waals surface area contributed by atoms with E-state index in [-0.39, 0.29) is 11.9 Å². The second-order valence-corrected chi connectivity index (χ2v) is 5.20. The molecule has 15 heavy (non-hydrogen) atoms. The molecule has 1 aliphatic carbocycles. The fourth-order valence-corrected chi connectivity index (χ4v) is 2.17. The Hall–Kier alpha value is -0.890. The first-order valence-electron chi connectivity index (χ1n) is 5.41. The van der Waals surface area contributed by atoms with Crippen molar-refractivity contribution in [2.24, 2.45) is 11.3 Å². The molecular weight excluding hydrogens is 191 g/mol. The number of aliphatic hydroxyl groups excluding tert-OH is 1. The van der Waals surface area contributed by atoms with E-state index in [4.69, 9.17) is 0 Å². The number of aliphatic hydroxyl groups is 1. The minimum absolute atomic E-state index is 0.222. The topological polar surface area (TPSA) is 20.2 Å². The van der Waals surface area contributed by atoms with Crippen LogP contribution in [0, 0.1) is 17.2 Å². The van der Waals surface area contributed by atoms with Gasteiger partial charge in [-0.25, -0.2) is 4.39 Å². The molecule has 1 N–H and O–H groups in total. The maximum absolute atomic E-state index is 12.7. The van der Waals surface area contributed by atoms with Crippen molar-refractivity contribution in [2.75, 3.05) is 0 Å². The first-order chi connectivity index (χ1) is 6.99. The molecular formula is C13H17FO. The molecule has 0 heterocycles. The highest BCUT2D eigenvalue weighted by Gasteiger charge is 2.49. The van der Waals surface area contributed by atoms with Crippen LogP contribution in [0.4, 0.5) is 4.39 Å². The number of benzene rings is 1. The molecule has 1 aliphatic rings. The zero-order valence-corrected chi connectivity index (χ0v) is 9.20. The molecule has 0 aliphatic heterocycles. The van der Waals surface area contributed by atoms with Crippen molar-refractivity contribution in [3.05, 3.63) is 35.6 Å². The SMILES string of the molecule is CC1(C)CC1C(O)Cc1ccc(F)cc1. The predicted molar refractivity (Wildman–Crippen MR) is 58.0 cm³/mol.